The van der Waals surface area contributed by atoms with Gasteiger partial charge < -0.3 is 9.88 Å². The summed E-state index contributed by atoms with van der Waals surface area (Å²) >= 11 is 5.90. The molecule has 3 aromatic heterocycles. The number of halogens is 1. The average Bonchev–Trinajstić information content (AvgIpc) is 3.18. The van der Waals surface area contributed by atoms with Crippen LogP contribution >= 0.6 is 11.6 Å². The summed E-state index contributed by atoms with van der Waals surface area (Å²) in [6, 6.07) is 8.87. The lowest BCUT2D eigenvalue weighted by atomic mass is 10.2. The average molecular weight is 355 g/mol. The molecule has 0 saturated carbocycles. The van der Waals surface area contributed by atoms with Crippen molar-refractivity contribution in [3.05, 3.63) is 53.1 Å². The van der Waals surface area contributed by atoms with Crippen molar-refractivity contribution >= 4 is 23.3 Å². The van der Waals surface area contributed by atoms with Gasteiger partial charge in [0.05, 0.1) is 0 Å². The number of rotatable bonds is 3. The fraction of sp³-hybridized carbons (Fsp3) is 0.235. The number of hydrogen-bond donors (Lipinski definition) is 1. The lowest BCUT2D eigenvalue weighted by molar-refractivity contribution is 0.102. The van der Waals surface area contributed by atoms with E-state index in [1.807, 2.05) is 12.1 Å². The minimum absolute atomic E-state index is 0.233. The molecule has 0 radical (unpaired) electrons. The smallest absolute Gasteiger partial charge is 0.275 e. The van der Waals surface area contributed by atoms with Crippen molar-refractivity contribution < 1.29 is 4.79 Å². The Morgan fingerprint density at radius 1 is 1.32 bits per heavy atom. The number of aryl methyl sites for hydroxylation is 1. The highest BCUT2D eigenvalue weighted by atomic mass is 35.5. The number of nitrogens with zero attached hydrogens (tertiary/aromatic N) is 5. The Labute approximate surface area is 149 Å². The quantitative estimate of drug-likeness (QED) is 0.780. The van der Waals surface area contributed by atoms with Gasteiger partial charge in [0.2, 0.25) is 0 Å². The molecule has 1 aliphatic rings. The number of anilines is 1. The summed E-state index contributed by atoms with van der Waals surface area (Å²) in [5.74, 6) is 1.75. The van der Waals surface area contributed by atoms with Gasteiger partial charge in [-0.05, 0) is 37.6 Å². The zero-order valence-corrected chi connectivity index (χ0v) is 14.2. The first-order valence-electron chi connectivity index (χ1n) is 7.96. The van der Waals surface area contributed by atoms with E-state index in [0.29, 0.717) is 22.6 Å². The van der Waals surface area contributed by atoms with Crippen LogP contribution in [-0.4, -0.2) is 30.6 Å². The van der Waals surface area contributed by atoms with E-state index in [9.17, 15) is 4.79 Å². The highest BCUT2D eigenvalue weighted by Crippen LogP contribution is 2.30. The van der Waals surface area contributed by atoms with Gasteiger partial charge in [-0.1, -0.05) is 17.7 Å². The van der Waals surface area contributed by atoms with Gasteiger partial charge in [0.15, 0.2) is 5.82 Å². The molecule has 126 valence electrons. The molecule has 0 spiro atoms. The van der Waals surface area contributed by atoms with Gasteiger partial charge in [-0.3, -0.25) is 9.78 Å². The van der Waals surface area contributed by atoms with Crippen LogP contribution in [0.15, 0.2) is 36.5 Å². The molecule has 0 fully saturated rings. The van der Waals surface area contributed by atoms with Crippen molar-refractivity contribution in [3.63, 3.8) is 0 Å². The molecule has 0 aliphatic carbocycles. The maximum absolute atomic E-state index is 12.3. The molecular weight excluding hydrogens is 340 g/mol. The van der Waals surface area contributed by atoms with E-state index < -0.39 is 0 Å². The Balaban J connectivity index is 1.61. The molecule has 1 atom stereocenters. The summed E-state index contributed by atoms with van der Waals surface area (Å²) in [7, 11) is 0. The van der Waals surface area contributed by atoms with Crippen LogP contribution in [0.25, 0.3) is 11.5 Å². The molecule has 0 bridgehead atoms. The summed E-state index contributed by atoms with van der Waals surface area (Å²) in [6.45, 7) is 2.14. The molecule has 1 unspecified atom stereocenters. The van der Waals surface area contributed by atoms with E-state index in [2.05, 4.69) is 37.0 Å². The predicted octanol–water partition coefficient (Wildman–Crippen LogP) is 3.15. The first kappa shape index (κ1) is 15.7. The molecular formula is C17H15ClN6O. The van der Waals surface area contributed by atoms with E-state index >= 15 is 0 Å². The van der Waals surface area contributed by atoms with E-state index in [0.717, 1.165) is 24.5 Å². The normalized spacial score (nSPS) is 15.8. The van der Waals surface area contributed by atoms with Gasteiger partial charge in [0, 0.05) is 23.7 Å². The third kappa shape index (κ3) is 2.98. The van der Waals surface area contributed by atoms with Gasteiger partial charge in [-0.25, -0.2) is 4.98 Å². The van der Waals surface area contributed by atoms with Crippen molar-refractivity contribution in [2.75, 3.05) is 5.32 Å². The summed E-state index contributed by atoms with van der Waals surface area (Å²) in [4.78, 5) is 20.8. The third-order valence-electron chi connectivity index (χ3n) is 4.17. The number of nitrogens with one attached hydrogen (secondary N) is 1. The van der Waals surface area contributed by atoms with E-state index in [-0.39, 0.29) is 11.6 Å². The van der Waals surface area contributed by atoms with Crippen LogP contribution in [0.5, 0.6) is 0 Å². The number of aromatic nitrogens is 5. The van der Waals surface area contributed by atoms with Crippen LogP contribution in [0.4, 0.5) is 5.82 Å². The number of hydrogen-bond acceptors (Lipinski definition) is 5. The lowest BCUT2D eigenvalue weighted by Crippen LogP contribution is -2.14. The minimum Gasteiger partial charge on any atom is -0.307 e. The highest BCUT2D eigenvalue weighted by Gasteiger charge is 2.25. The number of fused-ring (bicyclic) bond motifs is 1. The summed E-state index contributed by atoms with van der Waals surface area (Å²) in [6.07, 6.45) is 3.46. The molecule has 1 amide bonds. The van der Waals surface area contributed by atoms with Crippen LogP contribution in [0.1, 0.15) is 35.7 Å². The molecule has 1 N–H and O–H groups in total. The molecule has 7 nitrogen and oxygen atoms in total. The van der Waals surface area contributed by atoms with Gasteiger partial charge in [-0.2, -0.15) is 0 Å². The van der Waals surface area contributed by atoms with E-state index in [4.69, 9.17) is 11.6 Å². The van der Waals surface area contributed by atoms with Crippen molar-refractivity contribution in [2.24, 2.45) is 0 Å². The Kier molecular flexibility index (Phi) is 3.93. The Morgan fingerprint density at radius 2 is 2.20 bits per heavy atom. The zero-order chi connectivity index (χ0) is 17.4. The topological polar surface area (TPSA) is 85.6 Å². The molecule has 0 saturated heterocycles. The molecule has 3 aromatic rings. The largest absolute Gasteiger partial charge is 0.307 e. The molecule has 8 heteroatoms. The van der Waals surface area contributed by atoms with Crippen LogP contribution in [0.2, 0.25) is 5.02 Å². The molecule has 25 heavy (non-hydrogen) atoms. The van der Waals surface area contributed by atoms with Gasteiger partial charge in [0.1, 0.15) is 23.0 Å². The van der Waals surface area contributed by atoms with Crippen LogP contribution in [-0.2, 0) is 6.42 Å². The van der Waals surface area contributed by atoms with Gasteiger partial charge in [-0.15, -0.1) is 10.2 Å². The van der Waals surface area contributed by atoms with Crippen LogP contribution in [0, 0.1) is 0 Å². The van der Waals surface area contributed by atoms with Crippen LogP contribution < -0.4 is 5.32 Å². The molecule has 1 aliphatic heterocycles. The number of amides is 1. The first-order valence-corrected chi connectivity index (χ1v) is 8.34. The van der Waals surface area contributed by atoms with E-state index in [1.165, 1.54) is 12.3 Å². The minimum atomic E-state index is -0.369. The number of pyridine rings is 2. The predicted molar refractivity (Wildman–Crippen MR) is 93.5 cm³/mol. The van der Waals surface area contributed by atoms with Crippen molar-refractivity contribution in [1.29, 1.82) is 0 Å². The van der Waals surface area contributed by atoms with Crippen molar-refractivity contribution in [2.45, 2.75) is 25.8 Å². The second kappa shape index (κ2) is 6.25. The molecule has 4 heterocycles. The van der Waals surface area contributed by atoms with Crippen LogP contribution in [0.3, 0.4) is 0 Å². The highest BCUT2D eigenvalue weighted by molar-refractivity contribution is 6.30. The fourth-order valence-electron chi connectivity index (χ4n) is 2.94. The Hall–Kier alpha value is -2.80. The number of carbonyl (C=O) groups is 1. The lowest BCUT2D eigenvalue weighted by Gasteiger charge is -2.10. The monoisotopic (exact) mass is 354 g/mol. The zero-order valence-electron chi connectivity index (χ0n) is 13.5. The second-order valence-electron chi connectivity index (χ2n) is 5.92. The third-order valence-corrected chi connectivity index (χ3v) is 4.40. The molecule has 4 rings (SSSR count). The van der Waals surface area contributed by atoms with E-state index in [1.54, 1.807) is 12.1 Å². The standard InChI is InChI=1S/C17H15ClN6O/c1-10-5-6-15-22-23-16(24(10)15)12-3-2-4-14(20-12)21-17(25)13-9-11(18)7-8-19-13/h2-4,7-10H,5-6H2,1H3,(H,20,21,25). The Bertz CT molecular complexity index is 954. The summed E-state index contributed by atoms with van der Waals surface area (Å²) < 4.78 is 2.10. The molecule has 0 aromatic carbocycles. The second-order valence-corrected chi connectivity index (χ2v) is 6.36. The summed E-state index contributed by atoms with van der Waals surface area (Å²) in [5, 5.41) is 11.7. The van der Waals surface area contributed by atoms with Crippen molar-refractivity contribution in [1.82, 2.24) is 24.7 Å². The maximum atomic E-state index is 12.3. The summed E-state index contributed by atoms with van der Waals surface area (Å²) in [5.41, 5.74) is 0.904. The first-order chi connectivity index (χ1) is 12.1. The number of carbonyl (C=O) groups excluding carboxylic acids is 1. The fourth-order valence-corrected chi connectivity index (χ4v) is 3.10. The SMILES string of the molecule is CC1CCc2nnc(-c3cccc(NC(=O)c4cc(Cl)ccn4)n3)n21. The Morgan fingerprint density at radius 3 is 3.04 bits per heavy atom. The maximum Gasteiger partial charge on any atom is 0.275 e. The van der Waals surface area contributed by atoms with Gasteiger partial charge >= 0.3 is 0 Å². The van der Waals surface area contributed by atoms with Gasteiger partial charge in [0.25, 0.3) is 5.91 Å². The van der Waals surface area contributed by atoms with Crippen molar-refractivity contribution in [3.8, 4) is 11.5 Å².